The molecule has 0 bridgehead atoms. The molecule has 80 valence electrons. The van der Waals surface area contributed by atoms with E-state index in [-0.39, 0.29) is 24.8 Å². The lowest BCUT2D eigenvalue weighted by atomic mass is 10.1. The minimum absolute atomic E-state index is 0. The molecule has 0 aliphatic carbocycles. The van der Waals surface area contributed by atoms with Gasteiger partial charge in [-0.05, 0) is 18.1 Å². The topological polar surface area (TPSA) is 82.0 Å². The molecule has 0 saturated heterocycles. The third-order valence-corrected chi connectivity index (χ3v) is 1.54. The van der Waals surface area contributed by atoms with Gasteiger partial charge in [-0.3, -0.25) is 9.78 Å². The summed E-state index contributed by atoms with van der Waals surface area (Å²) in [6, 6.07) is 3.04. The zero-order valence-electron chi connectivity index (χ0n) is 7.42. The third kappa shape index (κ3) is 5.01. The van der Waals surface area contributed by atoms with Crippen LogP contribution in [0, 0.1) is 0 Å². The van der Waals surface area contributed by atoms with Crippen LogP contribution in [0.25, 0.3) is 0 Å². The first-order chi connectivity index (χ1) is 5.70. The lowest BCUT2D eigenvalue weighted by Crippen LogP contribution is -2.38. The van der Waals surface area contributed by atoms with E-state index < -0.39 is 11.9 Å². The van der Waals surface area contributed by atoms with Crippen molar-refractivity contribution >= 4 is 30.7 Å². The molecule has 0 spiro atoms. The number of primary amides is 1. The number of rotatable bonds is 3. The van der Waals surface area contributed by atoms with Crippen molar-refractivity contribution < 1.29 is 4.79 Å². The van der Waals surface area contributed by atoms with Gasteiger partial charge in [-0.1, -0.05) is 6.07 Å². The predicted molar refractivity (Wildman–Crippen MR) is 59.6 cm³/mol. The first-order valence-corrected chi connectivity index (χ1v) is 3.64. The van der Waals surface area contributed by atoms with Crippen molar-refractivity contribution in [2.75, 3.05) is 0 Å². The normalized spacial score (nSPS) is 10.6. The van der Waals surface area contributed by atoms with Gasteiger partial charge in [0.25, 0.3) is 0 Å². The monoisotopic (exact) mass is 237 g/mol. The van der Waals surface area contributed by atoms with E-state index in [1.54, 1.807) is 18.5 Å². The molecular formula is C8H13Cl2N3O. The van der Waals surface area contributed by atoms with Crippen molar-refractivity contribution in [2.24, 2.45) is 11.5 Å². The fourth-order valence-electron chi connectivity index (χ4n) is 0.873. The molecule has 0 unspecified atom stereocenters. The number of nitrogens with two attached hydrogens (primary N) is 2. The SMILES string of the molecule is Cl.Cl.NC(=O)[C@@H](N)Cc1cccnc1. The smallest absolute Gasteiger partial charge is 0.234 e. The summed E-state index contributed by atoms with van der Waals surface area (Å²) in [4.78, 5) is 14.5. The average Bonchev–Trinajstić information content (AvgIpc) is 2.06. The molecule has 1 heterocycles. The van der Waals surface area contributed by atoms with E-state index in [4.69, 9.17) is 11.5 Å². The van der Waals surface area contributed by atoms with Gasteiger partial charge in [0.15, 0.2) is 0 Å². The van der Waals surface area contributed by atoms with E-state index in [0.717, 1.165) is 5.56 Å². The van der Waals surface area contributed by atoms with Gasteiger partial charge in [0, 0.05) is 12.4 Å². The molecule has 4 nitrogen and oxygen atoms in total. The molecule has 1 rings (SSSR count). The Morgan fingerprint density at radius 3 is 2.57 bits per heavy atom. The zero-order chi connectivity index (χ0) is 8.97. The van der Waals surface area contributed by atoms with E-state index in [1.165, 1.54) is 0 Å². The number of amides is 1. The number of hydrogen-bond donors (Lipinski definition) is 2. The predicted octanol–water partition coefficient (Wildman–Crippen LogP) is 0.280. The van der Waals surface area contributed by atoms with Gasteiger partial charge >= 0.3 is 0 Å². The quantitative estimate of drug-likeness (QED) is 0.793. The molecule has 0 saturated carbocycles. The molecule has 1 amide bonds. The van der Waals surface area contributed by atoms with Crippen LogP contribution in [0.15, 0.2) is 24.5 Å². The van der Waals surface area contributed by atoms with Crippen LogP contribution >= 0.6 is 24.8 Å². The van der Waals surface area contributed by atoms with Gasteiger partial charge in [-0.2, -0.15) is 0 Å². The number of nitrogens with zero attached hydrogens (tertiary/aromatic N) is 1. The lowest BCUT2D eigenvalue weighted by Gasteiger charge is -2.05. The van der Waals surface area contributed by atoms with Crippen molar-refractivity contribution in [1.29, 1.82) is 0 Å². The minimum atomic E-state index is -0.616. The van der Waals surface area contributed by atoms with Crippen molar-refractivity contribution in [1.82, 2.24) is 4.98 Å². The van der Waals surface area contributed by atoms with E-state index in [9.17, 15) is 4.79 Å². The molecule has 6 heteroatoms. The first-order valence-electron chi connectivity index (χ1n) is 3.64. The Kier molecular flexibility index (Phi) is 8.43. The molecule has 1 aromatic rings. The van der Waals surface area contributed by atoms with Gasteiger partial charge in [0.1, 0.15) is 0 Å². The molecule has 4 N–H and O–H groups in total. The Hall–Kier alpha value is -0.840. The molecule has 0 fully saturated rings. The number of carbonyl (C=O) groups is 1. The fourth-order valence-corrected chi connectivity index (χ4v) is 0.873. The molecule has 0 radical (unpaired) electrons. The van der Waals surface area contributed by atoms with Crippen LogP contribution < -0.4 is 11.5 Å². The second-order valence-corrected chi connectivity index (χ2v) is 2.57. The molecule has 0 aliphatic heterocycles. The van der Waals surface area contributed by atoms with Crippen LogP contribution in [-0.4, -0.2) is 16.9 Å². The molecule has 14 heavy (non-hydrogen) atoms. The maximum absolute atomic E-state index is 10.6. The Balaban J connectivity index is 0. The van der Waals surface area contributed by atoms with E-state index in [0.29, 0.717) is 6.42 Å². The summed E-state index contributed by atoms with van der Waals surface area (Å²) in [6.45, 7) is 0. The summed E-state index contributed by atoms with van der Waals surface area (Å²) in [5.41, 5.74) is 11.4. The van der Waals surface area contributed by atoms with E-state index in [1.807, 2.05) is 6.07 Å². The number of pyridine rings is 1. The highest BCUT2D eigenvalue weighted by Crippen LogP contribution is 1.98. The summed E-state index contributed by atoms with van der Waals surface area (Å²) in [7, 11) is 0. The maximum atomic E-state index is 10.6. The number of aromatic nitrogens is 1. The highest BCUT2D eigenvalue weighted by Gasteiger charge is 2.09. The second-order valence-electron chi connectivity index (χ2n) is 2.57. The Labute approximate surface area is 94.9 Å². The third-order valence-electron chi connectivity index (χ3n) is 1.54. The largest absolute Gasteiger partial charge is 0.368 e. The van der Waals surface area contributed by atoms with Crippen LogP contribution in [0.4, 0.5) is 0 Å². The highest BCUT2D eigenvalue weighted by molar-refractivity contribution is 5.85. The summed E-state index contributed by atoms with van der Waals surface area (Å²) in [5, 5.41) is 0. The Bertz CT molecular complexity index is 269. The van der Waals surface area contributed by atoms with Crippen LogP contribution in [0.1, 0.15) is 5.56 Å². The molecule has 1 aromatic heterocycles. The van der Waals surface area contributed by atoms with E-state index >= 15 is 0 Å². The Morgan fingerprint density at radius 1 is 1.50 bits per heavy atom. The molecule has 0 aliphatic rings. The first kappa shape index (κ1) is 15.6. The van der Waals surface area contributed by atoms with Crippen LogP contribution in [0.5, 0.6) is 0 Å². The van der Waals surface area contributed by atoms with Gasteiger partial charge in [0.05, 0.1) is 6.04 Å². The second kappa shape index (κ2) is 7.55. The summed E-state index contributed by atoms with van der Waals surface area (Å²) in [5.74, 6) is -0.487. The minimum Gasteiger partial charge on any atom is -0.368 e. The molecule has 0 aromatic carbocycles. The summed E-state index contributed by atoms with van der Waals surface area (Å²) in [6.07, 6.45) is 3.78. The van der Waals surface area contributed by atoms with Crippen LogP contribution in [-0.2, 0) is 11.2 Å². The van der Waals surface area contributed by atoms with Crippen LogP contribution in [0.2, 0.25) is 0 Å². The van der Waals surface area contributed by atoms with E-state index in [2.05, 4.69) is 4.98 Å². The van der Waals surface area contributed by atoms with Gasteiger partial charge in [-0.25, -0.2) is 0 Å². The molecular weight excluding hydrogens is 225 g/mol. The fraction of sp³-hybridized carbons (Fsp3) is 0.250. The summed E-state index contributed by atoms with van der Waals surface area (Å²) >= 11 is 0. The van der Waals surface area contributed by atoms with Gasteiger partial charge in [-0.15, -0.1) is 24.8 Å². The number of carbonyl (C=O) groups excluding carboxylic acids is 1. The number of halogens is 2. The van der Waals surface area contributed by atoms with Crippen molar-refractivity contribution in [3.63, 3.8) is 0 Å². The maximum Gasteiger partial charge on any atom is 0.234 e. The standard InChI is InChI=1S/C8H11N3O.2ClH/c9-7(8(10)12)4-6-2-1-3-11-5-6;;/h1-3,5,7H,4,9H2,(H2,10,12);2*1H/t7-;;/m0../s1. The van der Waals surface area contributed by atoms with Gasteiger partial charge < -0.3 is 11.5 Å². The summed E-state index contributed by atoms with van der Waals surface area (Å²) < 4.78 is 0. The lowest BCUT2D eigenvalue weighted by molar-refractivity contribution is -0.119. The highest BCUT2D eigenvalue weighted by atomic mass is 35.5. The van der Waals surface area contributed by atoms with Crippen molar-refractivity contribution in [2.45, 2.75) is 12.5 Å². The molecule has 1 atom stereocenters. The van der Waals surface area contributed by atoms with Crippen molar-refractivity contribution in [3.8, 4) is 0 Å². The number of hydrogen-bond acceptors (Lipinski definition) is 3. The Morgan fingerprint density at radius 2 is 2.14 bits per heavy atom. The van der Waals surface area contributed by atoms with Gasteiger partial charge in [0.2, 0.25) is 5.91 Å². The van der Waals surface area contributed by atoms with Crippen LogP contribution in [0.3, 0.4) is 0 Å². The zero-order valence-corrected chi connectivity index (χ0v) is 9.05. The average molecular weight is 238 g/mol. The van der Waals surface area contributed by atoms with Crippen molar-refractivity contribution in [3.05, 3.63) is 30.1 Å².